The number of sulfonamides is 1. The standard InChI is InChI=1S/C13H11F3N4O3S/c1-8-6-7-17-12(18-8)20-24(22,23)10-4-2-9(3-5-10)19-11(21)13(14,15)16/h2-7H,1H3,(H,19,21)(H,17,18,20). The highest BCUT2D eigenvalue weighted by molar-refractivity contribution is 7.92. The smallest absolute Gasteiger partial charge is 0.318 e. The highest BCUT2D eigenvalue weighted by atomic mass is 32.2. The van der Waals surface area contributed by atoms with Gasteiger partial charge in [0, 0.05) is 17.6 Å². The van der Waals surface area contributed by atoms with Crippen LogP contribution in [-0.2, 0) is 14.8 Å². The van der Waals surface area contributed by atoms with Gasteiger partial charge in [0.1, 0.15) is 0 Å². The Labute approximate surface area is 135 Å². The summed E-state index contributed by atoms with van der Waals surface area (Å²) in [6, 6.07) is 5.74. The van der Waals surface area contributed by atoms with Crippen molar-refractivity contribution >= 4 is 27.6 Å². The summed E-state index contributed by atoms with van der Waals surface area (Å²) >= 11 is 0. The fourth-order valence-electron chi connectivity index (χ4n) is 1.60. The van der Waals surface area contributed by atoms with Gasteiger partial charge in [-0.3, -0.25) is 4.79 Å². The number of carbonyl (C=O) groups is 1. The summed E-state index contributed by atoms with van der Waals surface area (Å²) in [5, 5.41) is 1.61. The summed E-state index contributed by atoms with van der Waals surface area (Å²) in [5.41, 5.74) is 0.357. The van der Waals surface area contributed by atoms with Gasteiger partial charge in [0.05, 0.1) is 4.90 Å². The van der Waals surface area contributed by atoms with Crippen molar-refractivity contribution in [3.05, 3.63) is 42.2 Å². The molecular formula is C13H11F3N4O3S. The number of aryl methyl sites for hydroxylation is 1. The number of halogens is 3. The molecule has 1 amide bonds. The Kier molecular flexibility index (Phi) is 4.73. The van der Waals surface area contributed by atoms with Crippen molar-refractivity contribution in [1.29, 1.82) is 0 Å². The summed E-state index contributed by atoms with van der Waals surface area (Å²) in [4.78, 5) is 18.2. The number of amides is 1. The Morgan fingerprint density at radius 3 is 2.29 bits per heavy atom. The van der Waals surface area contributed by atoms with Crippen LogP contribution >= 0.6 is 0 Å². The monoisotopic (exact) mass is 360 g/mol. The number of carbonyl (C=O) groups excluding carboxylic acids is 1. The predicted molar refractivity (Wildman–Crippen MR) is 78.7 cm³/mol. The molecule has 128 valence electrons. The van der Waals surface area contributed by atoms with Crippen LogP contribution < -0.4 is 10.0 Å². The molecule has 0 fully saturated rings. The molecule has 2 N–H and O–H groups in total. The molecule has 1 aromatic carbocycles. The number of aromatic nitrogens is 2. The molecule has 0 spiro atoms. The molecule has 0 radical (unpaired) electrons. The largest absolute Gasteiger partial charge is 0.471 e. The molecule has 0 aliphatic carbocycles. The minimum atomic E-state index is -5.03. The van der Waals surface area contributed by atoms with Crippen LogP contribution in [0.15, 0.2) is 41.4 Å². The van der Waals surface area contributed by atoms with Gasteiger partial charge in [-0.15, -0.1) is 0 Å². The number of nitrogens with zero attached hydrogens (tertiary/aromatic N) is 2. The molecule has 0 unspecified atom stereocenters. The molecule has 0 saturated carbocycles. The van der Waals surface area contributed by atoms with E-state index in [0.29, 0.717) is 5.69 Å². The highest BCUT2D eigenvalue weighted by Gasteiger charge is 2.38. The lowest BCUT2D eigenvalue weighted by molar-refractivity contribution is -0.167. The van der Waals surface area contributed by atoms with E-state index in [-0.39, 0.29) is 16.5 Å². The van der Waals surface area contributed by atoms with Crippen LogP contribution in [0.2, 0.25) is 0 Å². The number of nitrogens with one attached hydrogen (secondary N) is 2. The first-order valence-electron chi connectivity index (χ1n) is 6.39. The van der Waals surface area contributed by atoms with Crippen molar-refractivity contribution in [3.8, 4) is 0 Å². The molecule has 11 heteroatoms. The van der Waals surface area contributed by atoms with Gasteiger partial charge in [0.15, 0.2) is 0 Å². The second-order valence-corrected chi connectivity index (χ2v) is 6.29. The molecule has 1 aromatic heterocycles. The molecule has 1 heterocycles. The zero-order chi connectivity index (χ0) is 18.0. The number of hydrogen-bond donors (Lipinski definition) is 2. The third-order valence-corrected chi connectivity index (χ3v) is 4.04. The lowest BCUT2D eigenvalue weighted by Gasteiger charge is -2.09. The molecule has 7 nitrogen and oxygen atoms in total. The van der Waals surface area contributed by atoms with Crippen molar-refractivity contribution in [2.75, 3.05) is 10.0 Å². The van der Waals surface area contributed by atoms with E-state index >= 15 is 0 Å². The summed E-state index contributed by atoms with van der Waals surface area (Å²) in [7, 11) is -4.01. The van der Waals surface area contributed by atoms with Gasteiger partial charge in [-0.2, -0.15) is 13.2 Å². The third-order valence-electron chi connectivity index (χ3n) is 2.70. The zero-order valence-corrected chi connectivity index (χ0v) is 12.9. The Bertz CT molecular complexity index is 852. The van der Waals surface area contributed by atoms with E-state index in [2.05, 4.69) is 14.7 Å². The minimum absolute atomic E-state index is 0.135. The SMILES string of the molecule is Cc1ccnc(NS(=O)(=O)c2ccc(NC(=O)C(F)(F)F)cc2)n1. The summed E-state index contributed by atoms with van der Waals surface area (Å²) in [6.07, 6.45) is -3.66. The minimum Gasteiger partial charge on any atom is -0.318 e. The van der Waals surface area contributed by atoms with E-state index in [1.165, 1.54) is 6.20 Å². The van der Waals surface area contributed by atoms with E-state index < -0.39 is 22.1 Å². The van der Waals surface area contributed by atoms with Gasteiger partial charge in [-0.1, -0.05) is 0 Å². The second kappa shape index (κ2) is 6.43. The van der Waals surface area contributed by atoms with E-state index in [4.69, 9.17) is 0 Å². The van der Waals surface area contributed by atoms with Crippen molar-refractivity contribution in [1.82, 2.24) is 9.97 Å². The van der Waals surface area contributed by atoms with Gasteiger partial charge in [-0.25, -0.2) is 23.1 Å². The number of anilines is 2. The Balaban J connectivity index is 2.16. The maximum absolute atomic E-state index is 12.1. The first-order chi connectivity index (χ1) is 11.1. The zero-order valence-electron chi connectivity index (χ0n) is 12.1. The van der Waals surface area contributed by atoms with Crippen molar-refractivity contribution < 1.29 is 26.4 Å². The van der Waals surface area contributed by atoms with Crippen LogP contribution in [0.5, 0.6) is 0 Å². The molecular weight excluding hydrogens is 349 g/mol. The van der Waals surface area contributed by atoms with Gasteiger partial charge >= 0.3 is 12.1 Å². The highest BCUT2D eigenvalue weighted by Crippen LogP contribution is 2.20. The molecule has 2 aromatic rings. The number of alkyl halides is 3. The molecule has 24 heavy (non-hydrogen) atoms. The number of benzene rings is 1. The van der Waals surface area contributed by atoms with Crippen LogP contribution in [0.25, 0.3) is 0 Å². The molecule has 0 bridgehead atoms. The normalized spacial score (nSPS) is 11.8. The van der Waals surface area contributed by atoms with E-state index in [1.54, 1.807) is 18.3 Å². The molecule has 0 aliphatic rings. The fourth-order valence-corrected chi connectivity index (χ4v) is 2.55. The summed E-state index contributed by atoms with van der Waals surface area (Å²) < 4.78 is 62.9. The molecule has 2 rings (SSSR count). The Hall–Kier alpha value is -2.69. The average Bonchev–Trinajstić information content (AvgIpc) is 2.46. The first-order valence-corrected chi connectivity index (χ1v) is 7.87. The van der Waals surface area contributed by atoms with Gasteiger partial charge in [-0.05, 0) is 37.3 Å². The quantitative estimate of drug-likeness (QED) is 0.869. The second-order valence-electron chi connectivity index (χ2n) is 4.60. The van der Waals surface area contributed by atoms with Crippen molar-refractivity contribution in [2.45, 2.75) is 18.0 Å². The maximum atomic E-state index is 12.1. The number of hydrogen-bond acceptors (Lipinski definition) is 5. The lowest BCUT2D eigenvalue weighted by Crippen LogP contribution is -2.29. The van der Waals surface area contributed by atoms with Crippen molar-refractivity contribution in [3.63, 3.8) is 0 Å². The van der Waals surface area contributed by atoms with Crippen molar-refractivity contribution in [2.24, 2.45) is 0 Å². The lowest BCUT2D eigenvalue weighted by atomic mass is 10.3. The summed E-state index contributed by atoms with van der Waals surface area (Å²) in [6.45, 7) is 1.65. The fraction of sp³-hybridized carbons (Fsp3) is 0.154. The van der Waals surface area contributed by atoms with Crippen LogP contribution in [0.4, 0.5) is 24.8 Å². The molecule has 0 atom stereocenters. The van der Waals surface area contributed by atoms with Crippen LogP contribution in [0.1, 0.15) is 5.69 Å². The maximum Gasteiger partial charge on any atom is 0.471 e. The van der Waals surface area contributed by atoms with Crippen LogP contribution in [-0.4, -0.2) is 30.5 Å². The van der Waals surface area contributed by atoms with Gasteiger partial charge in [0.2, 0.25) is 5.95 Å². The molecule has 0 saturated heterocycles. The predicted octanol–water partition coefficient (Wildman–Crippen LogP) is 2.09. The van der Waals surface area contributed by atoms with E-state index in [1.807, 2.05) is 0 Å². The van der Waals surface area contributed by atoms with Gasteiger partial charge < -0.3 is 5.32 Å². The summed E-state index contributed by atoms with van der Waals surface area (Å²) in [5.74, 6) is -2.28. The Morgan fingerprint density at radius 2 is 1.75 bits per heavy atom. The average molecular weight is 360 g/mol. The number of rotatable bonds is 4. The van der Waals surface area contributed by atoms with Crippen LogP contribution in [0, 0.1) is 6.92 Å². The Morgan fingerprint density at radius 1 is 1.12 bits per heavy atom. The van der Waals surface area contributed by atoms with E-state index in [0.717, 1.165) is 24.3 Å². The van der Waals surface area contributed by atoms with Gasteiger partial charge in [0.25, 0.3) is 10.0 Å². The molecule has 0 aliphatic heterocycles. The third kappa shape index (κ3) is 4.41. The first kappa shape index (κ1) is 17.7. The van der Waals surface area contributed by atoms with E-state index in [9.17, 15) is 26.4 Å². The van der Waals surface area contributed by atoms with Crippen LogP contribution in [0.3, 0.4) is 0 Å². The topological polar surface area (TPSA) is 101 Å².